The van der Waals surface area contributed by atoms with Gasteiger partial charge in [0.2, 0.25) is 0 Å². The number of fused-ring (bicyclic) bond motifs is 6. The molecule has 0 aliphatic rings. The van der Waals surface area contributed by atoms with E-state index in [-0.39, 0.29) is 0 Å². The van der Waals surface area contributed by atoms with Crippen molar-refractivity contribution in [3.05, 3.63) is 237 Å². The number of para-hydroxylation sites is 2. The van der Waals surface area contributed by atoms with Crippen LogP contribution in [0.3, 0.4) is 0 Å². The molecule has 3 heteroatoms. The fourth-order valence-electron chi connectivity index (χ4n) is 9.14. The van der Waals surface area contributed by atoms with Crippen LogP contribution in [0.1, 0.15) is 0 Å². The summed E-state index contributed by atoms with van der Waals surface area (Å²) in [5.74, 6) is 0. The Morgan fingerprint density at radius 1 is 0.302 bits per heavy atom. The van der Waals surface area contributed by atoms with Crippen LogP contribution in [0.4, 0.5) is 17.1 Å². The van der Waals surface area contributed by atoms with Crippen LogP contribution >= 0.6 is 11.3 Å². The lowest BCUT2D eigenvalue weighted by molar-refractivity contribution is 0.670. The fraction of sp³-hybridized carbons (Fsp3) is 0. The first-order valence-electron chi connectivity index (χ1n) is 21.4. The number of rotatable bonds is 8. The third kappa shape index (κ3) is 6.67. The highest BCUT2D eigenvalue weighted by atomic mass is 32.1. The van der Waals surface area contributed by atoms with E-state index in [0.717, 1.165) is 61.3 Å². The van der Waals surface area contributed by atoms with Crippen LogP contribution in [0.15, 0.2) is 241 Å². The highest BCUT2D eigenvalue weighted by molar-refractivity contribution is 7.26. The smallest absolute Gasteiger partial charge is 0.143 e. The Labute approximate surface area is 370 Å². The van der Waals surface area contributed by atoms with Crippen LogP contribution in [0.2, 0.25) is 0 Å². The first-order valence-corrected chi connectivity index (χ1v) is 22.2. The number of hydrogen-bond donors (Lipinski definition) is 0. The van der Waals surface area contributed by atoms with E-state index in [0.29, 0.717) is 0 Å². The molecule has 0 fully saturated rings. The van der Waals surface area contributed by atoms with E-state index in [1.165, 1.54) is 53.6 Å². The maximum atomic E-state index is 6.36. The molecule has 0 spiro atoms. The fourth-order valence-corrected chi connectivity index (χ4v) is 10.4. The van der Waals surface area contributed by atoms with Crippen LogP contribution < -0.4 is 4.90 Å². The average molecular weight is 822 g/mol. The predicted octanol–water partition coefficient (Wildman–Crippen LogP) is 17.8. The molecule has 12 rings (SSSR count). The minimum absolute atomic E-state index is 0.913. The Balaban J connectivity index is 0.858. The van der Waals surface area contributed by atoms with E-state index in [1.807, 2.05) is 23.5 Å². The Morgan fingerprint density at radius 2 is 0.778 bits per heavy atom. The third-order valence-electron chi connectivity index (χ3n) is 12.3. The van der Waals surface area contributed by atoms with Crippen molar-refractivity contribution in [1.82, 2.24) is 0 Å². The molecule has 0 amide bonds. The van der Waals surface area contributed by atoms with E-state index in [9.17, 15) is 0 Å². The summed E-state index contributed by atoms with van der Waals surface area (Å²) in [6.07, 6.45) is 0. The normalized spacial score (nSPS) is 11.5. The van der Waals surface area contributed by atoms with Gasteiger partial charge in [0.1, 0.15) is 11.2 Å². The molecule has 2 aromatic heterocycles. The quantitative estimate of drug-likeness (QED) is 0.152. The second kappa shape index (κ2) is 15.5. The molecule has 12 aromatic rings. The standard InChI is InChI=1S/C60H39NOS/c1-2-11-40(12-3-1)47-13-8-14-50(39-47)61(48-35-31-43(32-36-48)41-23-27-45(28-24-41)51-17-9-19-55-53-15-4-6-21-57(53)62-59(51)55)49-37-33-44(34-38-49)42-25-29-46(30-26-42)52-18-10-20-56-54-16-5-7-22-58(54)63-60(52)56/h1-39H. The zero-order chi connectivity index (χ0) is 41.7. The summed E-state index contributed by atoms with van der Waals surface area (Å²) in [5, 5.41) is 4.94. The molecule has 10 aromatic carbocycles. The number of hydrogen-bond acceptors (Lipinski definition) is 3. The Hall–Kier alpha value is -7.98. The largest absolute Gasteiger partial charge is 0.455 e. The number of nitrogens with zero attached hydrogens (tertiary/aromatic N) is 1. The molecule has 0 bridgehead atoms. The first kappa shape index (κ1) is 36.8. The van der Waals surface area contributed by atoms with Gasteiger partial charge in [-0.1, -0.05) is 188 Å². The minimum atomic E-state index is 0.913. The van der Waals surface area contributed by atoms with Crippen LogP contribution in [-0.2, 0) is 0 Å². The lowest BCUT2D eigenvalue weighted by Crippen LogP contribution is -2.10. The van der Waals surface area contributed by atoms with Gasteiger partial charge >= 0.3 is 0 Å². The van der Waals surface area contributed by atoms with Crippen molar-refractivity contribution in [2.45, 2.75) is 0 Å². The van der Waals surface area contributed by atoms with Crippen molar-refractivity contribution in [1.29, 1.82) is 0 Å². The molecule has 63 heavy (non-hydrogen) atoms. The maximum absolute atomic E-state index is 6.36. The predicted molar refractivity (Wildman–Crippen MR) is 268 cm³/mol. The number of anilines is 3. The van der Waals surface area contributed by atoms with Gasteiger partial charge in [-0.25, -0.2) is 0 Å². The molecule has 0 saturated heterocycles. The van der Waals surface area contributed by atoms with Crippen LogP contribution in [-0.4, -0.2) is 0 Å². The van der Waals surface area contributed by atoms with Gasteiger partial charge in [-0.3, -0.25) is 0 Å². The lowest BCUT2D eigenvalue weighted by Gasteiger charge is -2.26. The molecule has 296 valence electrons. The number of furan rings is 1. The SMILES string of the molecule is c1ccc(-c2cccc(N(c3ccc(-c4ccc(-c5cccc6c5oc5ccccc56)cc4)cc3)c3ccc(-c4ccc(-c5cccc6c5sc5ccccc56)cc4)cc3)c2)cc1. The summed E-state index contributed by atoms with van der Waals surface area (Å²) in [6.45, 7) is 0. The molecule has 0 N–H and O–H groups in total. The van der Waals surface area contributed by atoms with Crippen LogP contribution in [0.5, 0.6) is 0 Å². The van der Waals surface area contributed by atoms with Crippen LogP contribution in [0, 0.1) is 0 Å². The third-order valence-corrected chi connectivity index (χ3v) is 13.5. The van der Waals surface area contributed by atoms with Gasteiger partial charge < -0.3 is 9.32 Å². The summed E-state index contributed by atoms with van der Waals surface area (Å²) in [5.41, 5.74) is 16.9. The average Bonchev–Trinajstić information content (AvgIpc) is 3.94. The maximum Gasteiger partial charge on any atom is 0.143 e. The Morgan fingerprint density at radius 3 is 1.46 bits per heavy atom. The molecule has 0 radical (unpaired) electrons. The van der Waals surface area contributed by atoms with Crippen molar-refractivity contribution < 1.29 is 4.42 Å². The van der Waals surface area contributed by atoms with Crippen molar-refractivity contribution in [2.75, 3.05) is 4.90 Å². The number of benzene rings is 10. The van der Waals surface area contributed by atoms with Gasteiger partial charge in [0, 0.05) is 53.6 Å². The highest BCUT2D eigenvalue weighted by Crippen LogP contribution is 2.42. The topological polar surface area (TPSA) is 16.4 Å². The van der Waals surface area contributed by atoms with Crippen molar-refractivity contribution in [3.8, 4) is 55.6 Å². The molecule has 2 heterocycles. The Kier molecular flexibility index (Phi) is 9.06. The molecule has 0 aliphatic heterocycles. The zero-order valence-corrected chi connectivity index (χ0v) is 35.1. The van der Waals surface area contributed by atoms with E-state index in [2.05, 4.69) is 229 Å². The molecule has 0 saturated carbocycles. The molecular formula is C60H39NOS. The van der Waals surface area contributed by atoms with E-state index >= 15 is 0 Å². The summed E-state index contributed by atoms with van der Waals surface area (Å²) in [4.78, 5) is 2.35. The van der Waals surface area contributed by atoms with Gasteiger partial charge in [0.25, 0.3) is 0 Å². The zero-order valence-electron chi connectivity index (χ0n) is 34.3. The number of thiophene rings is 1. The molecule has 0 unspecified atom stereocenters. The molecule has 2 nitrogen and oxygen atoms in total. The van der Waals surface area contributed by atoms with E-state index in [1.54, 1.807) is 0 Å². The first-order chi connectivity index (χ1) is 31.2. The second-order valence-corrected chi connectivity index (χ2v) is 17.1. The highest BCUT2D eigenvalue weighted by Gasteiger charge is 2.16. The summed E-state index contributed by atoms with van der Waals surface area (Å²) in [7, 11) is 0. The van der Waals surface area contributed by atoms with Gasteiger partial charge in [-0.15, -0.1) is 11.3 Å². The van der Waals surface area contributed by atoms with Crippen molar-refractivity contribution in [3.63, 3.8) is 0 Å². The van der Waals surface area contributed by atoms with Crippen molar-refractivity contribution in [2.24, 2.45) is 0 Å². The lowest BCUT2D eigenvalue weighted by atomic mass is 9.98. The minimum Gasteiger partial charge on any atom is -0.455 e. The Bertz CT molecular complexity index is 3380. The van der Waals surface area contributed by atoms with E-state index in [4.69, 9.17) is 4.42 Å². The summed E-state index contributed by atoms with van der Waals surface area (Å²) >= 11 is 1.88. The van der Waals surface area contributed by atoms with Gasteiger partial charge in [0.05, 0.1) is 0 Å². The molecule has 0 atom stereocenters. The molecule has 0 aliphatic carbocycles. The second-order valence-electron chi connectivity index (χ2n) is 16.1. The van der Waals surface area contributed by atoms with Gasteiger partial charge in [0.15, 0.2) is 0 Å². The summed E-state index contributed by atoms with van der Waals surface area (Å²) in [6, 6.07) is 85.2. The van der Waals surface area contributed by atoms with Gasteiger partial charge in [-0.05, 0) is 98.6 Å². The van der Waals surface area contributed by atoms with Crippen LogP contribution in [0.25, 0.3) is 97.7 Å². The van der Waals surface area contributed by atoms with Crippen molar-refractivity contribution >= 4 is 70.5 Å². The summed E-state index contributed by atoms with van der Waals surface area (Å²) < 4.78 is 9.02. The van der Waals surface area contributed by atoms with Gasteiger partial charge in [-0.2, -0.15) is 0 Å². The molecular weight excluding hydrogens is 783 g/mol. The monoisotopic (exact) mass is 821 g/mol. The van der Waals surface area contributed by atoms with E-state index < -0.39 is 0 Å².